The van der Waals surface area contributed by atoms with E-state index in [4.69, 9.17) is 11.6 Å². The molecule has 1 aromatic heterocycles. The molecule has 1 saturated heterocycles. The van der Waals surface area contributed by atoms with Gasteiger partial charge in [0, 0.05) is 29.2 Å². The molecule has 0 N–H and O–H groups in total. The predicted molar refractivity (Wildman–Crippen MR) is 79.6 cm³/mol. The first-order valence-electron chi connectivity index (χ1n) is 5.64. The maximum absolute atomic E-state index is 12.1. The Hall–Kier alpha value is 0.0200. The Balaban J connectivity index is 2.28. The van der Waals surface area contributed by atoms with E-state index in [0.29, 0.717) is 11.6 Å². The largest absolute Gasteiger partial charge is 0.329 e. The smallest absolute Gasteiger partial charge is 0.186 e. The summed E-state index contributed by atoms with van der Waals surface area (Å²) in [4.78, 5) is 6.30. The van der Waals surface area contributed by atoms with Crippen molar-refractivity contribution in [3.8, 4) is 0 Å². The molecular formula is C10H15ClN2O2S3. The number of thiazole rings is 1. The Kier molecular flexibility index (Phi) is 4.80. The second kappa shape index (κ2) is 5.98. The van der Waals surface area contributed by atoms with Crippen LogP contribution in [0.4, 0.5) is 5.13 Å². The van der Waals surface area contributed by atoms with Crippen LogP contribution in [0, 0.1) is 0 Å². The number of rotatable bonds is 4. The number of halogens is 1. The van der Waals surface area contributed by atoms with Gasteiger partial charge in [0.25, 0.3) is 0 Å². The third-order valence-electron chi connectivity index (χ3n) is 2.82. The van der Waals surface area contributed by atoms with E-state index >= 15 is 0 Å². The molecule has 0 spiro atoms. The summed E-state index contributed by atoms with van der Waals surface area (Å²) < 4.78 is 24.2. The lowest BCUT2D eigenvalue weighted by Crippen LogP contribution is -2.48. The van der Waals surface area contributed by atoms with Gasteiger partial charge in [-0.25, -0.2) is 13.4 Å². The lowest BCUT2D eigenvalue weighted by molar-refractivity contribution is 0.579. The van der Waals surface area contributed by atoms with Crippen molar-refractivity contribution in [1.82, 2.24) is 4.98 Å². The third-order valence-corrected chi connectivity index (χ3v) is 7.31. The first-order valence-corrected chi connectivity index (χ1v) is 9.93. The van der Waals surface area contributed by atoms with Crippen LogP contribution in [0.3, 0.4) is 0 Å². The number of hydrogen-bond acceptors (Lipinski definition) is 6. The first kappa shape index (κ1) is 14.4. The minimum Gasteiger partial charge on any atom is -0.329 e. The quantitative estimate of drug-likeness (QED) is 0.794. The average molecular weight is 327 g/mol. The molecule has 8 heteroatoms. The summed E-state index contributed by atoms with van der Waals surface area (Å²) in [6.07, 6.45) is 0. The van der Waals surface area contributed by atoms with Crippen LogP contribution < -0.4 is 4.90 Å². The van der Waals surface area contributed by atoms with Crippen LogP contribution in [0.2, 0.25) is 0 Å². The third kappa shape index (κ3) is 2.95. The van der Waals surface area contributed by atoms with Gasteiger partial charge in [-0.2, -0.15) is 11.8 Å². The summed E-state index contributed by atoms with van der Waals surface area (Å²) in [5.74, 6) is 2.09. The highest BCUT2D eigenvalue weighted by molar-refractivity contribution is 8.01. The number of hydrogen-bond donors (Lipinski definition) is 0. The zero-order valence-corrected chi connectivity index (χ0v) is 13.2. The molecular weight excluding hydrogens is 312 g/mol. The summed E-state index contributed by atoms with van der Waals surface area (Å²) in [6, 6.07) is 0. The van der Waals surface area contributed by atoms with Crippen LogP contribution in [0.15, 0.2) is 5.38 Å². The molecule has 1 unspecified atom stereocenters. The average Bonchev–Trinajstić information content (AvgIpc) is 2.87. The number of alkyl halides is 1. The molecule has 0 aromatic carbocycles. The predicted octanol–water partition coefficient (Wildman–Crippen LogP) is 2.20. The fraction of sp³-hybridized carbons (Fsp3) is 0.700. The van der Waals surface area contributed by atoms with Gasteiger partial charge in [-0.15, -0.1) is 22.9 Å². The molecule has 0 bridgehead atoms. The van der Waals surface area contributed by atoms with Gasteiger partial charge in [0.05, 0.1) is 11.6 Å². The molecule has 1 atom stereocenters. The topological polar surface area (TPSA) is 50.3 Å². The zero-order chi connectivity index (χ0) is 13.2. The van der Waals surface area contributed by atoms with Gasteiger partial charge in [-0.1, -0.05) is 6.92 Å². The highest BCUT2D eigenvalue weighted by atomic mass is 35.5. The molecule has 1 aliphatic heterocycles. The Morgan fingerprint density at radius 1 is 1.61 bits per heavy atom. The molecule has 0 aliphatic carbocycles. The molecule has 0 amide bonds. The molecule has 0 radical (unpaired) electrons. The number of thioether (sulfide) groups is 1. The fourth-order valence-electron chi connectivity index (χ4n) is 1.78. The molecule has 1 aliphatic rings. The molecule has 4 nitrogen and oxygen atoms in total. The molecule has 0 saturated carbocycles. The van der Waals surface area contributed by atoms with Crippen molar-refractivity contribution < 1.29 is 8.42 Å². The minimum atomic E-state index is -3.08. The molecule has 2 rings (SSSR count). The Labute approximate surface area is 121 Å². The molecule has 18 heavy (non-hydrogen) atoms. The monoisotopic (exact) mass is 326 g/mol. The van der Waals surface area contributed by atoms with E-state index in [-0.39, 0.29) is 5.75 Å². The standard InChI is InChI=1S/C10H15ClN2O2S3/c1-2-18(14,15)9-7-16-4-3-13(9)10-12-8(5-11)6-17-10/h6,9H,2-5,7H2,1H3. The summed E-state index contributed by atoms with van der Waals surface area (Å²) in [5.41, 5.74) is 0.808. The second-order valence-electron chi connectivity index (χ2n) is 3.93. The van der Waals surface area contributed by atoms with Gasteiger partial charge in [0.15, 0.2) is 15.0 Å². The molecule has 1 fully saturated rings. The van der Waals surface area contributed by atoms with Crippen molar-refractivity contribution in [2.24, 2.45) is 0 Å². The summed E-state index contributed by atoms with van der Waals surface area (Å²) in [6.45, 7) is 2.42. The van der Waals surface area contributed by atoms with Crippen LogP contribution in [0.25, 0.3) is 0 Å². The Morgan fingerprint density at radius 3 is 3.00 bits per heavy atom. The fourth-order valence-corrected chi connectivity index (χ4v) is 5.95. The van der Waals surface area contributed by atoms with Crippen molar-refractivity contribution in [3.63, 3.8) is 0 Å². The van der Waals surface area contributed by atoms with Crippen molar-refractivity contribution in [1.29, 1.82) is 0 Å². The molecule has 102 valence electrons. The maximum atomic E-state index is 12.1. The summed E-state index contributed by atoms with van der Waals surface area (Å²) in [7, 11) is -3.08. The number of aromatic nitrogens is 1. The van der Waals surface area contributed by atoms with Crippen molar-refractivity contribution in [2.75, 3.05) is 28.7 Å². The van der Waals surface area contributed by atoms with Crippen LogP contribution in [0.1, 0.15) is 12.6 Å². The van der Waals surface area contributed by atoms with Gasteiger partial charge in [-0.3, -0.25) is 0 Å². The zero-order valence-electron chi connectivity index (χ0n) is 10.0. The summed E-state index contributed by atoms with van der Waals surface area (Å²) in [5, 5.41) is 2.21. The second-order valence-corrected chi connectivity index (χ2v) is 8.63. The summed E-state index contributed by atoms with van der Waals surface area (Å²) >= 11 is 8.89. The number of anilines is 1. The van der Waals surface area contributed by atoms with E-state index in [0.717, 1.165) is 23.1 Å². The van der Waals surface area contributed by atoms with E-state index in [1.165, 1.54) is 11.3 Å². The van der Waals surface area contributed by atoms with Crippen LogP contribution in [-0.4, -0.2) is 42.6 Å². The van der Waals surface area contributed by atoms with E-state index < -0.39 is 15.2 Å². The van der Waals surface area contributed by atoms with E-state index in [2.05, 4.69) is 4.98 Å². The van der Waals surface area contributed by atoms with Gasteiger partial charge >= 0.3 is 0 Å². The highest BCUT2D eigenvalue weighted by Crippen LogP contribution is 2.30. The van der Waals surface area contributed by atoms with E-state index in [1.807, 2.05) is 10.3 Å². The van der Waals surface area contributed by atoms with Crippen LogP contribution >= 0.6 is 34.7 Å². The minimum absolute atomic E-state index is 0.169. The maximum Gasteiger partial charge on any atom is 0.186 e. The Morgan fingerprint density at radius 2 is 2.39 bits per heavy atom. The molecule has 2 heterocycles. The van der Waals surface area contributed by atoms with Crippen LogP contribution in [-0.2, 0) is 15.7 Å². The Bertz CT molecular complexity index is 503. The van der Waals surface area contributed by atoms with Crippen molar-refractivity contribution >= 4 is 49.7 Å². The first-order chi connectivity index (χ1) is 8.58. The van der Waals surface area contributed by atoms with Crippen molar-refractivity contribution in [3.05, 3.63) is 11.1 Å². The SMILES string of the molecule is CCS(=O)(=O)C1CSCCN1c1nc(CCl)cs1. The molecule has 1 aromatic rings. The van der Waals surface area contributed by atoms with E-state index in [9.17, 15) is 8.42 Å². The normalized spacial score (nSPS) is 21.2. The van der Waals surface area contributed by atoms with Gasteiger partial charge in [-0.05, 0) is 0 Å². The lowest BCUT2D eigenvalue weighted by atomic mass is 10.5. The van der Waals surface area contributed by atoms with Crippen molar-refractivity contribution in [2.45, 2.75) is 18.2 Å². The van der Waals surface area contributed by atoms with Crippen LogP contribution in [0.5, 0.6) is 0 Å². The van der Waals surface area contributed by atoms with Gasteiger partial charge < -0.3 is 4.90 Å². The number of sulfone groups is 1. The number of nitrogens with zero attached hydrogens (tertiary/aromatic N) is 2. The lowest BCUT2D eigenvalue weighted by Gasteiger charge is -2.34. The van der Waals surface area contributed by atoms with E-state index in [1.54, 1.807) is 18.7 Å². The highest BCUT2D eigenvalue weighted by Gasteiger charge is 2.34. The van der Waals surface area contributed by atoms with Gasteiger partial charge in [0.2, 0.25) is 0 Å². The van der Waals surface area contributed by atoms with Gasteiger partial charge in [0.1, 0.15) is 5.37 Å².